The summed E-state index contributed by atoms with van der Waals surface area (Å²) in [4.78, 5) is 10.2. The number of hydrogen-bond acceptors (Lipinski definition) is 3. The number of rotatable bonds is 3. The van der Waals surface area contributed by atoms with Gasteiger partial charge >= 0.3 is 0 Å². The summed E-state index contributed by atoms with van der Waals surface area (Å²) in [7, 11) is 0. The average Bonchev–Trinajstić information content (AvgIpc) is 2.91. The monoisotopic (exact) mass is 322 g/mol. The van der Waals surface area contributed by atoms with Crippen LogP contribution in [0.25, 0.3) is 0 Å². The number of non-ortho nitro benzene ring substituents is 1. The van der Waals surface area contributed by atoms with Gasteiger partial charge in [-0.2, -0.15) is 0 Å². The Labute approximate surface area is 131 Å². The van der Waals surface area contributed by atoms with Crippen molar-refractivity contribution in [2.45, 2.75) is 19.3 Å². The lowest BCUT2D eigenvalue weighted by Crippen LogP contribution is -1.94. The SMILES string of the molecule is O=[N+]([O-])c1cc(Cl)c(Oc2cc[c]c3c2CCC3)c(Cl)c1. The molecule has 0 bridgehead atoms. The maximum Gasteiger partial charge on any atom is 0.272 e. The second kappa shape index (κ2) is 5.54. The number of nitro groups is 1. The maximum absolute atomic E-state index is 10.8. The van der Waals surface area contributed by atoms with E-state index in [2.05, 4.69) is 6.07 Å². The largest absolute Gasteiger partial charge is 0.454 e. The molecule has 0 heterocycles. The summed E-state index contributed by atoms with van der Waals surface area (Å²) in [6.45, 7) is 0. The maximum atomic E-state index is 10.8. The van der Waals surface area contributed by atoms with E-state index in [1.54, 1.807) is 12.1 Å². The fraction of sp³-hybridized carbons (Fsp3) is 0.200. The molecule has 3 rings (SSSR count). The zero-order valence-electron chi connectivity index (χ0n) is 10.9. The number of halogens is 2. The van der Waals surface area contributed by atoms with Crippen LogP contribution in [0.5, 0.6) is 11.5 Å². The molecule has 2 aromatic carbocycles. The first-order valence-corrected chi connectivity index (χ1v) is 7.15. The van der Waals surface area contributed by atoms with Crippen LogP contribution in [-0.2, 0) is 12.8 Å². The molecule has 21 heavy (non-hydrogen) atoms. The lowest BCUT2D eigenvalue weighted by molar-refractivity contribution is -0.384. The normalized spacial score (nSPS) is 13.0. The van der Waals surface area contributed by atoms with E-state index in [1.165, 1.54) is 12.1 Å². The van der Waals surface area contributed by atoms with Gasteiger partial charge in [0.2, 0.25) is 0 Å². The number of nitro benzene ring substituents is 1. The van der Waals surface area contributed by atoms with Gasteiger partial charge in [0.05, 0.1) is 15.0 Å². The van der Waals surface area contributed by atoms with Gasteiger partial charge in [0.1, 0.15) is 5.75 Å². The van der Waals surface area contributed by atoms with Gasteiger partial charge in [-0.05, 0) is 42.5 Å². The van der Waals surface area contributed by atoms with Crippen molar-refractivity contribution in [1.82, 2.24) is 0 Å². The zero-order chi connectivity index (χ0) is 15.0. The molecular formula is C15H10Cl2NO3. The molecule has 6 heteroatoms. The summed E-state index contributed by atoms with van der Waals surface area (Å²) in [6, 6.07) is 9.26. The predicted octanol–water partition coefficient (Wildman–Crippen LogP) is 4.98. The van der Waals surface area contributed by atoms with Crippen LogP contribution in [-0.4, -0.2) is 4.92 Å². The van der Waals surface area contributed by atoms with Crippen molar-refractivity contribution in [2.24, 2.45) is 0 Å². The van der Waals surface area contributed by atoms with Crippen molar-refractivity contribution < 1.29 is 9.66 Å². The van der Waals surface area contributed by atoms with Gasteiger partial charge in [-0.15, -0.1) is 0 Å². The van der Waals surface area contributed by atoms with Crippen molar-refractivity contribution in [3.8, 4) is 11.5 Å². The topological polar surface area (TPSA) is 52.4 Å². The molecule has 0 saturated carbocycles. The summed E-state index contributed by atoms with van der Waals surface area (Å²) in [5.41, 5.74) is 2.08. The fourth-order valence-electron chi connectivity index (χ4n) is 2.45. The summed E-state index contributed by atoms with van der Waals surface area (Å²) >= 11 is 12.1. The molecule has 1 aliphatic rings. The molecule has 2 aromatic rings. The van der Waals surface area contributed by atoms with Crippen LogP contribution in [0.15, 0.2) is 24.3 Å². The third kappa shape index (κ3) is 2.69. The Bertz CT molecular complexity index is 708. The van der Waals surface area contributed by atoms with Crippen LogP contribution < -0.4 is 4.74 Å². The molecule has 0 aliphatic heterocycles. The highest BCUT2D eigenvalue weighted by atomic mass is 35.5. The number of nitrogens with zero attached hydrogens (tertiary/aromatic N) is 1. The van der Waals surface area contributed by atoms with Gasteiger partial charge in [-0.25, -0.2) is 0 Å². The fourth-order valence-corrected chi connectivity index (χ4v) is 3.00. The number of ether oxygens (including phenoxy) is 1. The summed E-state index contributed by atoms with van der Waals surface area (Å²) in [5, 5.41) is 11.0. The predicted molar refractivity (Wildman–Crippen MR) is 80.5 cm³/mol. The van der Waals surface area contributed by atoms with Crippen molar-refractivity contribution in [1.29, 1.82) is 0 Å². The van der Waals surface area contributed by atoms with Gasteiger partial charge in [-0.3, -0.25) is 10.1 Å². The highest BCUT2D eigenvalue weighted by Crippen LogP contribution is 2.41. The van der Waals surface area contributed by atoms with E-state index in [0.29, 0.717) is 5.75 Å². The van der Waals surface area contributed by atoms with Crippen molar-refractivity contribution in [3.05, 3.63) is 61.6 Å². The highest BCUT2D eigenvalue weighted by molar-refractivity contribution is 6.37. The summed E-state index contributed by atoms with van der Waals surface area (Å²) in [5.74, 6) is 0.920. The first-order valence-electron chi connectivity index (χ1n) is 6.40. The zero-order valence-corrected chi connectivity index (χ0v) is 12.4. The molecule has 0 N–H and O–H groups in total. The Hall–Kier alpha value is -1.78. The third-order valence-corrected chi connectivity index (χ3v) is 3.97. The number of aryl methyl sites for hydroxylation is 1. The van der Waals surface area contributed by atoms with Gasteiger partial charge < -0.3 is 4.74 Å². The van der Waals surface area contributed by atoms with Crippen LogP contribution >= 0.6 is 23.2 Å². The van der Waals surface area contributed by atoms with Crippen LogP contribution in [0.3, 0.4) is 0 Å². The molecule has 1 aliphatic carbocycles. The van der Waals surface area contributed by atoms with Crippen molar-refractivity contribution in [2.75, 3.05) is 0 Å². The quantitative estimate of drug-likeness (QED) is 0.591. The van der Waals surface area contributed by atoms with Gasteiger partial charge in [0.15, 0.2) is 5.75 Å². The third-order valence-electron chi connectivity index (χ3n) is 3.41. The molecule has 107 valence electrons. The first-order chi connectivity index (χ1) is 10.1. The summed E-state index contributed by atoms with van der Waals surface area (Å²) < 4.78 is 5.81. The summed E-state index contributed by atoms with van der Waals surface area (Å²) in [6.07, 6.45) is 2.96. The van der Waals surface area contributed by atoms with E-state index in [-0.39, 0.29) is 21.5 Å². The molecule has 0 unspecified atom stereocenters. The smallest absolute Gasteiger partial charge is 0.272 e. The molecule has 0 spiro atoms. The van der Waals surface area contributed by atoms with E-state index in [0.717, 1.165) is 30.4 Å². The number of benzene rings is 2. The van der Waals surface area contributed by atoms with Crippen LogP contribution in [0.1, 0.15) is 17.5 Å². The van der Waals surface area contributed by atoms with Crippen LogP contribution in [0.4, 0.5) is 5.69 Å². The van der Waals surface area contributed by atoms with Gasteiger partial charge in [-0.1, -0.05) is 29.3 Å². The molecule has 0 amide bonds. The Kier molecular flexibility index (Phi) is 3.74. The number of fused-ring (bicyclic) bond motifs is 1. The minimum Gasteiger partial charge on any atom is -0.454 e. The number of hydrogen-bond donors (Lipinski definition) is 0. The molecular weight excluding hydrogens is 313 g/mol. The molecule has 0 aromatic heterocycles. The Balaban J connectivity index is 2.00. The minimum atomic E-state index is -0.545. The Morgan fingerprint density at radius 3 is 2.62 bits per heavy atom. The van der Waals surface area contributed by atoms with E-state index < -0.39 is 4.92 Å². The minimum absolute atomic E-state index is 0.119. The molecule has 0 fully saturated rings. The molecule has 0 saturated heterocycles. The second-order valence-electron chi connectivity index (χ2n) is 4.75. The highest BCUT2D eigenvalue weighted by Gasteiger charge is 2.20. The van der Waals surface area contributed by atoms with E-state index in [9.17, 15) is 10.1 Å². The van der Waals surface area contributed by atoms with E-state index >= 15 is 0 Å². The second-order valence-corrected chi connectivity index (χ2v) is 5.56. The van der Waals surface area contributed by atoms with E-state index in [4.69, 9.17) is 27.9 Å². The van der Waals surface area contributed by atoms with Crippen LogP contribution in [0, 0.1) is 16.2 Å². The standard InChI is InChI=1S/C15H10Cl2NO3/c16-12-7-10(18(19)20)8-13(17)15(12)21-14-6-2-4-9-3-1-5-11(9)14/h2,6-8H,1,3,5H2. The van der Waals surface area contributed by atoms with Crippen molar-refractivity contribution >= 4 is 28.9 Å². The molecule has 1 radical (unpaired) electrons. The van der Waals surface area contributed by atoms with Gasteiger partial charge in [0.25, 0.3) is 5.69 Å². The van der Waals surface area contributed by atoms with Gasteiger partial charge in [0, 0.05) is 12.1 Å². The molecule has 0 atom stereocenters. The first kappa shape index (κ1) is 14.2. The average molecular weight is 323 g/mol. The van der Waals surface area contributed by atoms with Crippen LogP contribution in [0.2, 0.25) is 10.0 Å². The lowest BCUT2D eigenvalue weighted by Gasteiger charge is -2.12. The Morgan fingerprint density at radius 2 is 1.95 bits per heavy atom. The lowest BCUT2D eigenvalue weighted by atomic mass is 10.1. The Morgan fingerprint density at radius 1 is 1.24 bits per heavy atom. The van der Waals surface area contributed by atoms with Crippen molar-refractivity contribution in [3.63, 3.8) is 0 Å². The van der Waals surface area contributed by atoms with E-state index in [1.807, 2.05) is 0 Å². The molecule has 4 nitrogen and oxygen atoms in total.